The molecule has 0 radical (unpaired) electrons. The van der Waals surface area contributed by atoms with Crippen molar-refractivity contribution in [3.63, 3.8) is 0 Å². The minimum Gasteiger partial charge on any atom is -0.449 e. The number of hydrogen-bond acceptors (Lipinski definition) is 5. The van der Waals surface area contributed by atoms with E-state index in [0.29, 0.717) is 30.6 Å². The van der Waals surface area contributed by atoms with Gasteiger partial charge in [0.1, 0.15) is 6.17 Å². The van der Waals surface area contributed by atoms with Crippen LogP contribution in [-0.4, -0.2) is 65.6 Å². The summed E-state index contributed by atoms with van der Waals surface area (Å²) in [6.45, 7) is 3.03. The number of nitrogens with one attached hydrogen (secondary N) is 1. The number of rotatable bonds is 5. The smallest absolute Gasteiger partial charge is 0.409 e. The number of carbonyl (C=O) groups excluding carboxylic acids is 3. The van der Waals surface area contributed by atoms with E-state index in [-0.39, 0.29) is 19.0 Å². The molecule has 1 N–H and O–H groups in total. The molecular weight excluding hydrogens is 432 g/mol. The number of nitrogens with zero attached hydrogens (tertiary/aromatic N) is 3. The van der Waals surface area contributed by atoms with Gasteiger partial charge in [0.2, 0.25) is 6.41 Å². The number of benzene rings is 1. The molecule has 1 atom stereocenters. The van der Waals surface area contributed by atoms with Crippen LogP contribution in [-0.2, 0) is 22.4 Å². The lowest BCUT2D eigenvalue weighted by molar-refractivity contribution is -0.111. The first-order valence-corrected chi connectivity index (χ1v) is 11.4. The number of amides is 3. The van der Waals surface area contributed by atoms with E-state index in [1.165, 1.54) is 4.90 Å². The van der Waals surface area contributed by atoms with Crippen LogP contribution in [0.2, 0.25) is 5.02 Å². The second-order valence-electron chi connectivity index (χ2n) is 8.15. The summed E-state index contributed by atoms with van der Waals surface area (Å²) < 4.78 is 5.19. The number of halogens is 1. The first-order valence-electron chi connectivity index (χ1n) is 11.1. The third-order valence-corrected chi connectivity index (χ3v) is 6.46. The second-order valence-corrected chi connectivity index (χ2v) is 8.53. The monoisotopic (exact) mass is 458 g/mol. The van der Waals surface area contributed by atoms with Gasteiger partial charge in [-0.2, -0.15) is 0 Å². The van der Waals surface area contributed by atoms with Crippen molar-refractivity contribution in [3.05, 3.63) is 40.0 Å². The quantitative estimate of drug-likeness (QED) is 0.695. The fraction of sp³-hybridized carbons (Fsp3) is 0.478. The summed E-state index contributed by atoms with van der Waals surface area (Å²) in [7, 11) is 0. The Bertz CT molecular complexity index is 1040. The first kappa shape index (κ1) is 22.3. The van der Waals surface area contributed by atoms with Gasteiger partial charge in [0.05, 0.1) is 23.7 Å². The molecular formula is C23H27ClN4O4. The summed E-state index contributed by atoms with van der Waals surface area (Å²) in [5.41, 5.74) is 3.29. The highest BCUT2D eigenvalue weighted by Gasteiger charge is 2.33. The summed E-state index contributed by atoms with van der Waals surface area (Å²) in [4.78, 5) is 44.6. The lowest BCUT2D eigenvalue weighted by Crippen LogP contribution is -2.61. The molecule has 1 aromatic carbocycles. The molecule has 170 valence electrons. The van der Waals surface area contributed by atoms with Gasteiger partial charge in [-0.3, -0.25) is 14.6 Å². The van der Waals surface area contributed by atoms with Crippen molar-refractivity contribution in [2.75, 3.05) is 26.2 Å². The predicted octanol–water partition coefficient (Wildman–Crippen LogP) is 3.14. The van der Waals surface area contributed by atoms with Crippen molar-refractivity contribution in [2.45, 2.75) is 45.2 Å². The molecule has 0 saturated carbocycles. The number of fused-ring (bicyclic) bond motifs is 2. The van der Waals surface area contributed by atoms with Crippen LogP contribution in [0.25, 0.3) is 10.9 Å². The average Bonchev–Trinajstić information content (AvgIpc) is 2.82. The Morgan fingerprint density at radius 3 is 2.88 bits per heavy atom. The molecule has 2 heterocycles. The largest absolute Gasteiger partial charge is 0.449 e. The highest BCUT2D eigenvalue weighted by atomic mass is 35.5. The van der Waals surface area contributed by atoms with Gasteiger partial charge < -0.3 is 19.9 Å². The molecule has 1 saturated heterocycles. The van der Waals surface area contributed by atoms with Crippen LogP contribution in [0.4, 0.5) is 4.79 Å². The van der Waals surface area contributed by atoms with E-state index < -0.39 is 12.3 Å². The summed E-state index contributed by atoms with van der Waals surface area (Å²) >= 11 is 6.65. The minimum atomic E-state index is -0.640. The highest BCUT2D eigenvalue weighted by Crippen LogP contribution is 2.33. The summed E-state index contributed by atoms with van der Waals surface area (Å²) in [6, 6.07) is 5.35. The molecule has 1 aromatic heterocycles. The van der Waals surface area contributed by atoms with E-state index in [4.69, 9.17) is 21.3 Å². The normalized spacial score (nSPS) is 18.2. The van der Waals surface area contributed by atoms with Gasteiger partial charge in [-0.1, -0.05) is 24.6 Å². The topological polar surface area (TPSA) is 91.8 Å². The maximum atomic E-state index is 13.3. The molecule has 2 aliphatic rings. The number of ether oxygens (including phenoxy) is 1. The average molecular weight is 459 g/mol. The Balaban J connectivity index is 1.57. The maximum absolute atomic E-state index is 13.3. The molecule has 0 bridgehead atoms. The van der Waals surface area contributed by atoms with Crippen LogP contribution in [0.15, 0.2) is 18.2 Å². The number of pyridine rings is 1. The molecule has 1 fully saturated rings. The van der Waals surface area contributed by atoms with E-state index >= 15 is 0 Å². The molecule has 1 aliphatic heterocycles. The Hall–Kier alpha value is -2.87. The molecule has 4 rings (SSSR count). The lowest BCUT2D eigenvalue weighted by Gasteiger charge is -2.40. The highest BCUT2D eigenvalue weighted by molar-refractivity contribution is 6.36. The molecule has 2 aromatic rings. The number of carbonyl (C=O) groups is 3. The van der Waals surface area contributed by atoms with Crippen molar-refractivity contribution >= 4 is 40.9 Å². The van der Waals surface area contributed by atoms with E-state index in [9.17, 15) is 14.4 Å². The Morgan fingerprint density at radius 2 is 2.09 bits per heavy atom. The third kappa shape index (κ3) is 4.37. The van der Waals surface area contributed by atoms with E-state index in [1.807, 2.05) is 13.0 Å². The molecule has 32 heavy (non-hydrogen) atoms. The number of piperazine rings is 1. The van der Waals surface area contributed by atoms with Crippen molar-refractivity contribution in [2.24, 2.45) is 0 Å². The number of hydrogen-bond donors (Lipinski definition) is 1. The van der Waals surface area contributed by atoms with Crippen LogP contribution < -0.4 is 5.32 Å². The van der Waals surface area contributed by atoms with Gasteiger partial charge in [0, 0.05) is 29.7 Å². The van der Waals surface area contributed by atoms with Crippen LogP contribution in [0.5, 0.6) is 0 Å². The molecule has 1 unspecified atom stereocenters. The standard InChI is InChI=1S/C23H27ClN4O4/c1-2-11-32-23(31)27-9-10-28(20(13-27)25-14-29)22(30)15-7-8-17-19(12-15)26-18-6-4-3-5-16(18)21(17)24/h7-8,12,14,20H,2-6,9-11,13H2,1H3,(H,25,29). The number of aromatic nitrogens is 1. The summed E-state index contributed by atoms with van der Waals surface area (Å²) in [5, 5.41) is 4.22. The van der Waals surface area contributed by atoms with Gasteiger partial charge >= 0.3 is 6.09 Å². The lowest BCUT2D eigenvalue weighted by atomic mass is 9.94. The predicted molar refractivity (Wildman–Crippen MR) is 121 cm³/mol. The molecule has 3 amide bonds. The Labute approximate surface area is 191 Å². The van der Waals surface area contributed by atoms with Crippen molar-refractivity contribution < 1.29 is 19.1 Å². The first-order chi connectivity index (χ1) is 15.5. The SMILES string of the molecule is CCCOC(=O)N1CCN(C(=O)c2ccc3c(Cl)c4c(nc3c2)CCCC4)C(NC=O)C1. The summed E-state index contributed by atoms with van der Waals surface area (Å²) in [6.07, 6.45) is 4.21. The minimum absolute atomic E-state index is 0.165. The molecule has 9 heteroatoms. The van der Waals surface area contributed by atoms with Gasteiger partial charge in [-0.05, 0) is 49.8 Å². The Kier molecular flexibility index (Phi) is 6.79. The van der Waals surface area contributed by atoms with Crippen LogP contribution in [0.1, 0.15) is 47.8 Å². The van der Waals surface area contributed by atoms with Gasteiger partial charge in [0.15, 0.2) is 0 Å². The second kappa shape index (κ2) is 9.73. The zero-order valence-electron chi connectivity index (χ0n) is 18.1. The van der Waals surface area contributed by atoms with Gasteiger partial charge in [0.25, 0.3) is 5.91 Å². The molecule has 0 spiro atoms. The fourth-order valence-corrected chi connectivity index (χ4v) is 4.72. The van der Waals surface area contributed by atoms with E-state index in [0.717, 1.165) is 53.8 Å². The van der Waals surface area contributed by atoms with Crippen molar-refractivity contribution in [1.82, 2.24) is 20.1 Å². The van der Waals surface area contributed by atoms with Crippen LogP contribution >= 0.6 is 11.6 Å². The van der Waals surface area contributed by atoms with Crippen molar-refractivity contribution in [1.29, 1.82) is 0 Å². The molecule has 8 nitrogen and oxygen atoms in total. The van der Waals surface area contributed by atoms with Crippen LogP contribution in [0, 0.1) is 0 Å². The van der Waals surface area contributed by atoms with E-state index in [2.05, 4.69) is 5.32 Å². The Morgan fingerprint density at radius 1 is 1.28 bits per heavy atom. The fourth-order valence-electron chi connectivity index (χ4n) is 4.36. The number of aryl methyl sites for hydroxylation is 1. The maximum Gasteiger partial charge on any atom is 0.409 e. The summed E-state index contributed by atoms with van der Waals surface area (Å²) in [5.74, 6) is -0.233. The third-order valence-electron chi connectivity index (χ3n) is 6.03. The zero-order valence-corrected chi connectivity index (χ0v) is 18.9. The van der Waals surface area contributed by atoms with Gasteiger partial charge in [-0.25, -0.2) is 4.79 Å². The van der Waals surface area contributed by atoms with Crippen molar-refractivity contribution in [3.8, 4) is 0 Å². The molecule has 1 aliphatic carbocycles. The zero-order chi connectivity index (χ0) is 22.7. The van der Waals surface area contributed by atoms with E-state index in [1.54, 1.807) is 17.0 Å². The van der Waals surface area contributed by atoms with Gasteiger partial charge in [-0.15, -0.1) is 0 Å². The van der Waals surface area contributed by atoms with Crippen LogP contribution in [0.3, 0.4) is 0 Å².